The highest BCUT2D eigenvalue weighted by Gasteiger charge is 2.44. The zero-order valence-electron chi connectivity index (χ0n) is 16.1. The summed E-state index contributed by atoms with van der Waals surface area (Å²) in [5, 5.41) is 7.54. The van der Waals surface area contributed by atoms with Crippen molar-refractivity contribution in [3.8, 4) is 0 Å². The Kier molecular flexibility index (Phi) is 6.92. The molecule has 1 aromatic heterocycles. The van der Waals surface area contributed by atoms with Crippen LogP contribution in [0.1, 0.15) is 24.1 Å². The summed E-state index contributed by atoms with van der Waals surface area (Å²) in [7, 11) is 1.83. The van der Waals surface area contributed by atoms with Crippen molar-refractivity contribution in [1.29, 1.82) is 0 Å². The number of hydrogen-bond acceptors (Lipinski definition) is 4. The second-order valence-corrected chi connectivity index (χ2v) is 7.44. The van der Waals surface area contributed by atoms with Gasteiger partial charge in [0.2, 0.25) is 0 Å². The Hall–Kier alpha value is -1.68. The molecule has 0 bridgehead atoms. The van der Waals surface area contributed by atoms with Crippen molar-refractivity contribution in [2.45, 2.75) is 24.8 Å². The molecule has 4 rings (SSSR count). The van der Waals surface area contributed by atoms with Crippen LogP contribution in [-0.4, -0.2) is 60.7 Å². The van der Waals surface area contributed by atoms with Gasteiger partial charge in [-0.25, -0.2) is 4.39 Å². The van der Waals surface area contributed by atoms with Crippen LogP contribution in [0.2, 0.25) is 0 Å². The highest BCUT2D eigenvalue weighted by molar-refractivity contribution is 14.0. The third-order valence-corrected chi connectivity index (χ3v) is 5.66. The monoisotopic (exact) mass is 499 g/mol. The van der Waals surface area contributed by atoms with Gasteiger partial charge in [0.1, 0.15) is 12.1 Å². The van der Waals surface area contributed by atoms with Crippen LogP contribution in [0.5, 0.6) is 0 Å². The first-order chi connectivity index (χ1) is 13.2. The summed E-state index contributed by atoms with van der Waals surface area (Å²) in [6.07, 6.45) is 3.88. The first-order valence-electron chi connectivity index (χ1n) is 9.52. The SMILES string of the molecule is CN=C(NCC1(c2ccc(F)cc2)CC1)N1CCN(Cc2ccon2)CC1.I. The van der Waals surface area contributed by atoms with Gasteiger partial charge >= 0.3 is 0 Å². The third kappa shape index (κ3) is 4.83. The van der Waals surface area contributed by atoms with E-state index in [4.69, 9.17) is 4.52 Å². The minimum Gasteiger partial charge on any atom is -0.364 e. The van der Waals surface area contributed by atoms with Crippen LogP contribution in [0.25, 0.3) is 0 Å². The van der Waals surface area contributed by atoms with Gasteiger partial charge < -0.3 is 14.7 Å². The molecule has 2 heterocycles. The van der Waals surface area contributed by atoms with E-state index in [0.717, 1.165) is 63.8 Å². The molecule has 1 N–H and O–H groups in total. The Labute approximate surface area is 182 Å². The molecule has 1 saturated heterocycles. The number of aliphatic imine (C=N–C) groups is 1. The normalized spacial score (nSPS) is 19.2. The summed E-state index contributed by atoms with van der Waals surface area (Å²) in [5.74, 6) is 0.770. The molecule has 6 nitrogen and oxygen atoms in total. The number of rotatable bonds is 5. The van der Waals surface area contributed by atoms with Crippen molar-refractivity contribution < 1.29 is 8.91 Å². The second kappa shape index (κ2) is 9.21. The Bertz CT molecular complexity index is 768. The molecule has 2 aromatic rings. The highest BCUT2D eigenvalue weighted by atomic mass is 127. The van der Waals surface area contributed by atoms with Crippen LogP contribution < -0.4 is 5.32 Å². The molecule has 0 unspecified atom stereocenters. The van der Waals surface area contributed by atoms with Gasteiger partial charge in [-0.15, -0.1) is 24.0 Å². The maximum absolute atomic E-state index is 13.2. The molecule has 2 fully saturated rings. The molecule has 1 aliphatic heterocycles. The lowest BCUT2D eigenvalue weighted by atomic mass is 9.96. The number of benzene rings is 1. The molecule has 0 radical (unpaired) electrons. The van der Waals surface area contributed by atoms with Crippen LogP contribution in [0, 0.1) is 5.82 Å². The number of hydrogen-bond donors (Lipinski definition) is 1. The fraction of sp³-hybridized carbons (Fsp3) is 0.500. The van der Waals surface area contributed by atoms with Gasteiger partial charge in [-0.3, -0.25) is 9.89 Å². The van der Waals surface area contributed by atoms with Gasteiger partial charge in [0.15, 0.2) is 5.96 Å². The maximum atomic E-state index is 13.2. The van der Waals surface area contributed by atoms with E-state index in [0.29, 0.717) is 0 Å². The summed E-state index contributed by atoms with van der Waals surface area (Å²) >= 11 is 0. The predicted molar refractivity (Wildman–Crippen MR) is 117 cm³/mol. The van der Waals surface area contributed by atoms with E-state index in [2.05, 4.69) is 25.3 Å². The van der Waals surface area contributed by atoms with Gasteiger partial charge in [-0.1, -0.05) is 17.3 Å². The fourth-order valence-electron chi connectivity index (χ4n) is 3.77. The number of piperazine rings is 1. The first kappa shape index (κ1) is 21.0. The summed E-state index contributed by atoms with van der Waals surface area (Å²) < 4.78 is 18.1. The lowest BCUT2D eigenvalue weighted by molar-refractivity contribution is 0.169. The first-order valence-corrected chi connectivity index (χ1v) is 9.52. The van der Waals surface area contributed by atoms with Crippen molar-refractivity contribution in [3.05, 3.63) is 53.7 Å². The molecule has 8 heteroatoms. The van der Waals surface area contributed by atoms with Crippen LogP contribution in [0.15, 0.2) is 46.1 Å². The molecule has 1 aromatic carbocycles. The van der Waals surface area contributed by atoms with Crippen LogP contribution in [0.4, 0.5) is 4.39 Å². The van der Waals surface area contributed by atoms with E-state index in [1.165, 1.54) is 5.56 Å². The Morgan fingerprint density at radius 1 is 1.18 bits per heavy atom. The van der Waals surface area contributed by atoms with Crippen molar-refractivity contribution in [2.75, 3.05) is 39.8 Å². The van der Waals surface area contributed by atoms with Gasteiger partial charge in [0.25, 0.3) is 0 Å². The van der Waals surface area contributed by atoms with Gasteiger partial charge in [-0.2, -0.15) is 0 Å². The van der Waals surface area contributed by atoms with Crippen molar-refractivity contribution in [2.24, 2.45) is 4.99 Å². The minimum atomic E-state index is -0.179. The highest BCUT2D eigenvalue weighted by Crippen LogP contribution is 2.47. The number of halogens is 2. The van der Waals surface area contributed by atoms with Crippen LogP contribution in [0.3, 0.4) is 0 Å². The quantitative estimate of drug-likeness (QED) is 0.390. The standard InChI is InChI=1S/C20H26FN5O.HI/c1-22-19(23-15-20(7-8-20)16-2-4-17(21)5-3-16)26-11-9-25(10-12-26)14-18-6-13-27-24-18;/h2-6,13H,7-12,14-15H2,1H3,(H,22,23);1H. The molecular formula is C20H27FIN5O. The fourth-order valence-corrected chi connectivity index (χ4v) is 3.77. The van der Waals surface area contributed by atoms with Crippen LogP contribution >= 0.6 is 24.0 Å². The summed E-state index contributed by atoms with van der Waals surface area (Å²) in [6, 6.07) is 8.85. The van der Waals surface area contributed by atoms with Gasteiger partial charge in [0, 0.05) is 57.8 Å². The molecule has 152 valence electrons. The maximum Gasteiger partial charge on any atom is 0.193 e. The van der Waals surface area contributed by atoms with E-state index in [-0.39, 0.29) is 35.2 Å². The summed E-state index contributed by atoms with van der Waals surface area (Å²) in [5.41, 5.74) is 2.31. The Morgan fingerprint density at radius 2 is 1.89 bits per heavy atom. The largest absolute Gasteiger partial charge is 0.364 e. The van der Waals surface area contributed by atoms with Gasteiger partial charge in [-0.05, 0) is 30.5 Å². The molecule has 0 atom stereocenters. The zero-order chi connectivity index (χ0) is 18.7. The average Bonchev–Trinajstić information content (AvgIpc) is 3.31. The van der Waals surface area contributed by atoms with E-state index >= 15 is 0 Å². The molecule has 1 saturated carbocycles. The summed E-state index contributed by atoms with van der Waals surface area (Å²) in [6.45, 7) is 5.46. The van der Waals surface area contributed by atoms with Crippen molar-refractivity contribution in [1.82, 2.24) is 20.3 Å². The predicted octanol–water partition coefficient (Wildman–Crippen LogP) is 2.86. The number of nitrogens with one attached hydrogen (secondary N) is 1. The lowest BCUT2D eigenvalue weighted by Gasteiger charge is -2.36. The summed E-state index contributed by atoms with van der Waals surface area (Å²) in [4.78, 5) is 9.16. The second-order valence-electron chi connectivity index (χ2n) is 7.44. The number of nitrogens with zero attached hydrogens (tertiary/aromatic N) is 4. The molecule has 0 spiro atoms. The number of guanidine groups is 1. The van der Waals surface area contributed by atoms with E-state index in [1.807, 2.05) is 25.2 Å². The third-order valence-electron chi connectivity index (χ3n) is 5.66. The van der Waals surface area contributed by atoms with Crippen LogP contribution in [-0.2, 0) is 12.0 Å². The Balaban J connectivity index is 0.00000225. The van der Waals surface area contributed by atoms with E-state index in [1.54, 1.807) is 18.4 Å². The number of aromatic nitrogens is 1. The van der Waals surface area contributed by atoms with Gasteiger partial charge in [0.05, 0.1) is 5.69 Å². The topological polar surface area (TPSA) is 56.9 Å². The molecule has 2 aliphatic rings. The van der Waals surface area contributed by atoms with Crippen molar-refractivity contribution in [3.63, 3.8) is 0 Å². The molecule has 1 aliphatic carbocycles. The minimum absolute atomic E-state index is 0. The molecular weight excluding hydrogens is 472 g/mol. The van der Waals surface area contributed by atoms with E-state index < -0.39 is 0 Å². The molecule has 28 heavy (non-hydrogen) atoms. The molecule has 0 amide bonds. The smallest absolute Gasteiger partial charge is 0.193 e. The Morgan fingerprint density at radius 3 is 2.46 bits per heavy atom. The average molecular weight is 499 g/mol. The lowest BCUT2D eigenvalue weighted by Crippen LogP contribution is -2.53. The van der Waals surface area contributed by atoms with E-state index in [9.17, 15) is 4.39 Å². The van der Waals surface area contributed by atoms with Crippen molar-refractivity contribution >= 4 is 29.9 Å². The zero-order valence-corrected chi connectivity index (χ0v) is 18.4.